The van der Waals surface area contributed by atoms with Gasteiger partial charge in [0.15, 0.2) is 0 Å². The van der Waals surface area contributed by atoms with E-state index < -0.39 is 0 Å². The minimum absolute atomic E-state index is 0.0217. The SMILES string of the molecule is Cc1noc(C)c1CC(=O)NCC(c1ccc(Cl)cc1)N1CCc2sccc2C1. The number of benzene rings is 1. The summed E-state index contributed by atoms with van der Waals surface area (Å²) in [5.74, 6) is 0.680. The van der Waals surface area contributed by atoms with E-state index in [2.05, 4.69) is 39.0 Å². The maximum Gasteiger partial charge on any atom is 0.224 e. The molecule has 29 heavy (non-hydrogen) atoms. The van der Waals surface area contributed by atoms with Crippen molar-refractivity contribution in [3.63, 3.8) is 0 Å². The second kappa shape index (κ2) is 8.69. The molecule has 0 saturated carbocycles. The smallest absolute Gasteiger partial charge is 0.224 e. The Morgan fingerprint density at radius 3 is 2.83 bits per heavy atom. The van der Waals surface area contributed by atoms with Crippen molar-refractivity contribution in [3.05, 3.63) is 73.8 Å². The Morgan fingerprint density at radius 2 is 2.10 bits per heavy atom. The molecule has 0 aliphatic carbocycles. The van der Waals surface area contributed by atoms with Crippen LogP contribution < -0.4 is 5.32 Å². The van der Waals surface area contributed by atoms with Crippen LogP contribution in [0.25, 0.3) is 0 Å². The van der Waals surface area contributed by atoms with Crippen molar-refractivity contribution in [2.24, 2.45) is 0 Å². The van der Waals surface area contributed by atoms with E-state index in [-0.39, 0.29) is 18.4 Å². The van der Waals surface area contributed by atoms with Gasteiger partial charge in [-0.05, 0) is 55.0 Å². The Labute approximate surface area is 179 Å². The highest BCUT2D eigenvalue weighted by atomic mass is 35.5. The van der Waals surface area contributed by atoms with E-state index in [1.807, 2.05) is 37.3 Å². The second-order valence-electron chi connectivity index (χ2n) is 7.44. The van der Waals surface area contributed by atoms with Crippen molar-refractivity contribution in [2.75, 3.05) is 13.1 Å². The number of hydrogen-bond donors (Lipinski definition) is 1. The van der Waals surface area contributed by atoms with E-state index in [9.17, 15) is 4.79 Å². The maximum absolute atomic E-state index is 12.6. The predicted molar refractivity (Wildman–Crippen MR) is 115 cm³/mol. The number of aryl methyl sites for hydroxylation is 2. The van der Waals surface area contributed by atoms with Crippen molar-refractivity contribution in [1.29, 1.82) is 0 Å². The highest BCUT2D eigenvalue weighted by molar-refractivity contribution is 7.10. The zero-order valence-corrected chi connectivity index (χ0v) is 18.1. The monoisotopic (exact) mass is 429 g/mol. The van der Waals surface area contributed by atoms with Crippen LogP contribution in [0.5, 0.6) is 0 Å². The van der Waals surface area contributed by atoms with E-state index in [4.69, 9.17) is 16.1 Å². The molecular formula is C22H24ClN3O2S. The summed E-state index contributed by atoms with van der Waals surface area (Å²) in [5, 5.41) is 9.94. The van der Waals surface area contributed by atoms with Gasteiger partial charge in [-0.15, -0.1) is 11.3 Å². The van der Waals surface area contributed by atoms with Crippen molar-refractivity contribution in [3.8, 4) is 0 Å². The van der Waals surface area contributed by atoms with Gasteiger partial charge in [0.05, 0.1) is 18.2 Å². The predicted octanol–water partition coefficient (Wildman–Crippen LogP) is 4.46. The summed E-state index contributed by atoms with van der Waals surface area (Å²) in [6.45, 7) is 6.11. The minimum Gasteiger partial charge on any atom is -0.361 e. The number of nitrogens with one attached hydrogen (secondary N) is 1. The molecule has 0 fully saturated rings. The van der Waals surface area contributed by atoms with Gasteiger partial charge in [-0.25, -0.2) is 0 Å². The van der Waals surface area contributed by atoms with Crippen molar-refractivity contribution in [1.82, 2.24) is 15.4 Å². The summed E-state index contributed by atoms with van der Waals surface area (Å²) in [7, 11) is 0. The van der Waals surface area contributed by atoms with E-state index in [1.165, 1.54) is 10.4 Å². The van der Waals surface area contributed by atoms with Crippen LogP contribution in [-0.4, -0.2) is 29.1 Å². The first-order valence-electron chi connectivity index (χ1n) is 9.74. The highest BCUT2D eigenvalue weighted by Gasteiger charge is 2.26. The minimum atomic E-state index is -0.0217. The number of carbonyl (C=O) groups excluding carboxylic acids is 1. The fraction of sp³-hybridized carbons (Fsp3) is 0.364. The molecule has 1 aliphatic heterocycles. The van der Waals surface area contributed by atoms with Gasteiger partial charge >= 0.3 is 0 Å². The van der Waals surface area contributed by atoms with Crippen LogP contribution in [0.1, 0.15) is 39.1 Å². The Hall–Kier alpha value is -2.15. The molecule has 0 spiro atoms. The quantitative estimate of drug-likeness (QED) is 0.628. The first kappa shape index (κ1) is 20.1. The lowest BCUT2D eigenvalue weighted by molar-refractivity contribution is -0.120. The molecule has 4 rings (SSSR count). The normalized spacial score (nSPS) is 15.1. The largest absolute Gasteiger partial charge is 0.361 e. The van der Waals surface area contributed by atoms with Gasteiger partial charge in [0, 0.05) is 35.1 Å². The van der Waals surface area contributed by atoms with Gasteiger partial charge in [-0.2, -0.15) is 0 Å². The van der Waals surface area contributed by atoms with Crippen LogP contribution in [0.3, 0.4) is 0 Å². The summed E-state index contributed by atoms with van der Waals surface area (Å²) >= 11 is 7.93. The Balaban J connectivity index is 1.48. The molecule has 1 aromatic carbocycles. The average molecular weight is 430 g/mol. The van der Waals surface area contributed by atoms with Gasteiger partial charge in [0.2, 0.25) is 5.91 Å². The molecule has 0 bridgehead atoms. The van der Waals surface area contributed by atoms with Gasteiger partial charge in [0.1, 0.15) is 5.76 Å². The molecule has 1 atom stereocenters. The van der Waals surface area contributed by atoms with E-state index in [1.54, 1.807) is 0 Å². The van der Waals surface area contributed by atoms with Crippen molar-refractivity contribution < 1.29 is 9.32 Å². The number of rotatable bonds is 6. The number of nitrogens with zero attached hydrogens (tertiary/aromatic N) is 2. The number of amides is 1. The van der Waals surface area contributed by atoms with Crippen LogP contribution in [-0.2, 0) is 24.2 Å². The molecule has 3 aromatic rings. The highest BCUT2D eigenvalue weighted by Crippen LogP contribution is 2.30. The molecule has 5 nitrogen and oxygen atoms in total. The fourth-order valence-corrected chi connectivity index (χ4v) is 4.88. The molecule has 7 heteroatoms. The van der Waals surface area contributed by atoms with Crippen LogP contribution in [0.15, 0.2) is 40.2 Å². The lowest BCUT2D eigenvalue weighted by Crippen LogP contribution is -2.40. The van der Waals surface area contributed by atoms with Crippen LogP contribution in [0.2, 0.25) is 5.02 Å². The molecule has 2 aromatic heterocycles. The summed E-state index contributed by atoms with van der Waals surface area (Å²) in [6, 6.07) is 10.2. The second-order valence-corrected chi connectivity index (χ2v) is 8.88. The van der Waals surface area contributed by atoms with E-state index in [0.717, 1.165) is 36.3 Å². The first-order chi connectivity index (χ1) is 14.0. The first-order valence-corrected chi connectivity index (χ1v) is 11.0. The fourth-order valence-electron chi connectivity index (χ4n) is 3.87. The zero-order valence-electron chi connectivity index (χ0n) is 16.6. The van der Waals surface area contributed by atoms with E-state index in [0.29, 0.717) is 17.3 Å². The topological polar surface area (TPSA) is 58.4 Å². The third-order valence-corrected chi connectivity index (χ3v) is 6.82. The molecular weight excluding hydrogens is 406 g/mol. The Bertz CT molecular complexity index is 976. The standard InChI is InChI=1S/C22H24ClN3O2S/c1-14-19(15(2)28-25-14)11-22(27)24-12-20(16-3-5-18(23)6-4-16)26-9-7-21-17(13-26)8-10-29-21/h3-6,8,10,20H,7,9,11-13H2,1-2H3,(H,24,27). The van der Waals surface area contributed by atoms with E-state index >= 15 is 0 Å². The number of thiophene rings is 1. The van der Waals surface area contributed by atoms with Crippen molar-refractivity contribution in [2.45, 2.75) is 39.3 Å². The zero-order chi connectivity index (χ0) is 20.4. The van der Waals surface area contributed by atoms with Gasteiger partial charge in [-0.3, -0.25) is 9.69 Å². The molecule has 0 saturated heterocycles. The number of hydrogen-bond acceptors (Lipinski definition) is 5. The molecule has 0 radical (unpaired) electrons. The lowest BCUT2D eigenvalue weighted by Gasteiger charge is -2.35. The summed E-state index contributed by atoms with van der Waals surface area (Å²) in [5.41, 5.74) is 4.19. The lowest BCUT2D eigenvalue weighted by atomic mass is 10.0. The van der Waals surface area contributed by atoms with Gasteiger partial charge < -0.3 is 9.84 Å². The number of fused-ring (bicyclic) bond motifs is 1. The molecule has 1 unspecified atom stereocenters. The maximum atomic E-state index is 12.6. The average Bonchev–Trinajstić information content (AvgIpc) is 3.31. The third-order valence-electron chi connectivity index (χ3n) is 5.54. The molecule has 1 N–H and O–H groups in total. The van der Waals surface area contributed by atoms with Crippen LogP contribution in [0, 0.1) is 13.8 Å². The number of halogens is 1. The summed E-state index contributed by atoms with van der Waals surface area (Å²) < 4.78 is 5.17. The van der Waals surface area contributed by atoms with Gasteiger partial charge in [0.25, 0.3) is 0 Å². The third kappa shape index (κ3) is 4.55. The summed E-state index contributed by atoms with van der Waals surface area (Å²) in [6.07, 6.45) is 1.33. The summed E-state index contributed by atoms with van der Waals surface area (Å²) in [4.78, 5) is 16.5. The molecule has 152 valence electrons. The molecule has 3 heterocycles. The van der Waals surface area contributed by atoms with Crippen molar-refractivity contribution >= 4 is 28.8 Å². The Kier molecular flexibility index (Phi) is 6.04. The Morgan fingerprint density at radius 1 is 1.31 bits per heavy atom. The molecule has 1 aliphatic rings. The van der Waals surface area contributed by atoms with Gasteiger partial charge in [-0.1, -0.05) is 28.9 Å². The molecule has 1 amide bonds. The van der Waals surface area contributed by atoms with Crippen LogP contribution >= 0.6 is 22.9 Å². The van der Waals surface area contributed by atoms with Crippen LogP contribution in [0.4, 0.5) is 0 Å². The number of carbonyl (C=O) groups is 1. The number of aromatic nitrogens is 1.